The molecule has 2 N–H and O–H groups in total. The molecule has 0 aliphatic heterocycles. The Hall–Kier alpha value is -2.04. The first-order chi connectivity index (χ1) is 10.7. The zero-order chi connectivity index (χ0) is 15.8. The summed E-state index contributed by atoms with van der Waals surface area (Å²) in [5.74, 6) is 0.267. The van der Waals surface area contributed by atoms with Crippen LogP contribution in [0.2, 0.25) is 0 Å². The lowest BCUT2D eigenvalue weighted by Gasteiger charge is -2.21. The van der Waals surface area contributed by atoms with Crippen molar-refractivity contribution in [1.82, 2.24) is 10.6 Å². The van der Waals surface area contributed by atoms with Crippen molar-refractivity contribution in [3.63, 3.8) is 0 Å². The first-order valence-electron chi connectivity index (χ1n) is 7.88. The normalized spacial score (nSPS) is 15.1. The summed E-state index contributed by atoms with van der Waals surface area (Å²) in [5, 5.41) is 5.77. The van der Waals surface area contributed by atoms with Crippen LogP contribution in [0.1, 0.15) is 48.0 Å². The molecule has 1 aliphatic carbocycles. The van der Waals surface area contributed by atoms with Gasteiger partial charge in [-0.3, -0.25) is 0 Å². The van der Waals surface area contributed by atoms with Gasteiger partial charge < -0.3 is 15.4 Å². The quantitative estimate of drug-likeness (QED) is 0.822. The molecular formula is C17H24N2O3. The summed E-state index contributed by atoms with van der Waals surface area (Å²) in [4.78, 5) is 23.1. The highest BCUT2D eigenvalue weighted by molar-refractivity contribution is 5.89. The van der Waals surface area contributed by atoms with E-state index in [2.05, 4.69) is 15.4 Å². The predicted octanol–water partition coefficient (Wildman–Crippen LogP) is 2.85. The number of hydrogen-bond acceptors (Lipinski definition) is 3. The Morgan fingerprint density at radius 2 is 1.77 bits per heavy atom. The third kappa shape index (κ3) is 5.06. The van der Waals surface area contributed by atoms with Crippen molar-refractivity contribution in [2.45, 2.75) is 38.6 Å². The van der Waals surface area contributed by atoms with E-state index in [1.165, 1.54) is 39.2 Å². The van der Waals surface area contributed by atoms with Crippen molar-refractivity contribution >= 4 is 12.0 Å². The highest BCUT2D eigenvalue weighted by Gasteiger charge is 2.14. The van der Waals surface area contributed by atoms with Gasteiger partial charge in [-0.15, -0.1) is 0 Å². The number of ether oxygens (including phenoxy) is 1. The average molecular weight is 304 g/mol. The predicted molar refractivity (Wildman–Crippen MR) is 84.6 cm³/mol. The topological polar surface area (TPSA) is 67.4 Å². The van der Waals surface area contributed by atoms with Gasteiger partial charge in [0.05, 0.1) is 12.7 Å². The van der Waals surface area contributed by atoms with Gasteiger partial charge >= 0.3 is 12.0 Å². The molecule has 1 saturated carbocycles. The lowest BCUT2D eigenvalue weighted by Crippen LogP contribution is -2.38. The van der Waals surface area contributed by atoms with Gasteiger partial charge in [0, 0.05) is 13.1 Å². The fourth-order valence-electron chi connectivity index (χ4n) is 2.75. The van der Waals surface area contributed by atoms with E-state index >= 15 is 0 Å². The Balaban J connectivity index is 1.70. The van der Waals surface area contributed by atoms with E-state index in [1.54, 1.807) is 12.1 Å². The van der Waals surface area contributed by atoms with Gasteiger partial charge in [-0.1, -0.05) is 31.4 Å². The number of nitrogens with one attached hydrogen (secondary N) is 2. The van der Waals surface area contributed by atoms with Crippen LogP contribution < -0.4 is 10.6 Å². The molecule has 1 aromatic rings. The molecule has 0 spiro atoms. The number of hydrogen-bond donors (Lipinski definition) is 2. The average Bonchev–Trinajstić information content (AvgIpc) is 2.58. The Kier molecular flexibility index (Phi) is 6.25. The van der Waals surface area contributed by atoms with Crippen LogP contribution in [0.15, 0.2) is 24.3 Å². The van der Waals surface area contributed by atoms with E-state index in [0.29, 0.717) is 18.0 Å². The van der Waals surface area contributed by atoms with Gasteiger partial charge in [0.2, 0.25) is 0 Å². The number of carbonyl (C=O) groups excluding carboxylic acids is 2. The molecule has 1 aliphatic rings. The third-order valence-corrected chi connectivity index (χ3v) is 4.10. The molecule has 0 radical (unpaired) electrons. The van der Waals surface area contributed by atoms with Crippen LogP contribution in [0.25, 0.3) is 0 Å². The van der Waals surface area contributed by atoms with E-state index in [4.69, 9.17) is 0 Å². The van der Waals surface area contributed by atoms with Gasteiger partial charge in [-0.05, 0) is 36.5 Å². The first kappa shape index (κ1) is 16.3. The van der Waals surface area contributed by atoms with E-state index in [1.807, 2.05) is 12.1 Å². The number of esters is 1. The maximum atomic E-state index is 11.8. The van der Waals surface area contributed by atoms with Crippen LogP contribution in [0.3, 0.4) is 0 Å². The Morgan fingerprint density at radius 3 is 2.41 bits per heavy atom. The largest absolute Gasteiger partial charge is 0.465 e. The van der Waals surface area contributed by atoms with Gasteiger partial charge in [0.15, 0.2) is 0 Å². The van der Waals surface area contributed by atoms with Gasteiger partial charge in [0.1, 0.15) is 0 Å². The molecule has 2 rings (SSSR count). The molecule has 1 fully saturated rings. The summed E-state index contributed by atoms with van der Waals surface area (Å²) in [5.41, 5.74) is 1.45. The Morgan fingerprint density at radius 1 is 1.09 bits per heavy atom. The lowest BCUT2D eigenvalue weighted by molar-refractivity contribution is 0.0600. The van der Waals surface area contributed by atoms with Crippen molar-refractivity contribution in [2.24, 2.45) is 5.92 Å². The van der Waals surface area contributed by atoms with Gasteiger partial charge in [-0.2, -0.15) is 0 Å². The molecule has 0 unspecified atom stereocenters. The second-order valence-electron chi connectivity index (χ2n) is 5.76. The van der Waals surface area contributed by atoms with Crippen LogP contribution in [-0.4, -0.2) is 25.7 Å². The van der Waals surface area contributed by atoms with Crippen molar-refractivity contribution in [1.29, 1.82) is 0 Å². The molecule has 0 aromatic heterocycles. The monoisotopic (exact) mass is 304 g/mol. The Bertz CT molecular complexity index is 493. The van der Waals surface area contributed by atoms with Gasteiger partial charge in [0.25, 0.3) is 0 Å². The second-order valence-corrected chi connectivity index (χ2v) is 5.76. The molecule has 1 aromatic carbocycles. The highest BCUT2D eigenvalue weighted by Crippen LogP contribution is 2.22. The second kappa shape index (κ2) is 8.41. The fraction of sp³-hybridized carbons (Fsp3) is 0.529. The first-order valence-corrected chi connectivity index (χ1v) is 7.88. The number of benzene rings is 1. The van der Waals surface area contributed by atoms with Crippen molar-refractivity contribution in [3.8, 4) is 0 Å². The smallest absolute Gasteiger partial charge is 0.337 e. The zero-order valence-electron chi connectivity index (χ0n) is 13.1. The number of rotatable bonds is 5. The summed E-state index contributed by atoms with van der Waals surface area (Å²) >= 11 is 0. The minimum atomic E-state index is -0.357. The van der Waals surface area contributed by atoms with Crippen molar-refractivity contribution < 1.29 is 14.3 Å². The maximum Gasteiger partial charge on any atom is 0.337 e. The molecule has 5 heteroatoms. The fourth-order valence-corrected chi connectivity index (χ4v) is 2.75. The van der Waals surface area contributed by atoms with Crippen LogP contribution in [0.5, 0.6) is 0 Å². The summed E-state index contributed by atoms with van der Waals surface area (Å²) in [6.07, 6.45) is 6.32. The van der Waals surface area contributed by atoms with Crippen molar-refractivity contribution in [2.75, 3.05) is 13.7 Å². The van der Waals surface area contributed by atoms with Crippen LogP contribution in [0, 0.1) is 5.92 Å². The molecule has 5 nitrogen and oxygen atoms in total. The molecule has 120 valence electrons. The van der Waals surface area contributed by atoms with E-state index in [0.717, 1.165) is 12.1 Å². The maximum absolute atomic E-state index is 11.8. The molecule has 0 atom stereocenters. The highest BCUT2D eigenvalue weighted by atomic mass is 16.5. The molecule has 0 bridgehead atoms. The van der Waals surface area contributed by atoms with Crippen molar-refractivity contribution in [3.05, 3.63) is 35.4 Å². The number of urea groups is 1. The number of carbonyl (C=O) groups is 2. The minimum Gasteiger partial charge on any atom is -0.465 e. The molecule has 2 amide bonds. The molecule has 22 heavy (non-hydrogen) atoms. The van der Waals surface area contributed by atoms with E-state index < -0.39 is 0 Å². The van der Waals surface area contributed by atoms with Crippen LogP contribution in [-0.2, 0) is 11.3 Å². The van der Waals surface area contributed by atoms with Gasteiger partial charge in [-0.25, -0.2) is 9.59 Å². The summed E-state index contributed by atoms with van der Waals surface area (Å²) in [6, 6.07) is 6.88. The van der Waals surface area contributed by atoms with Crippen LogP contribution in [0.4, 0.5) is 4.79 Å². The minimum absolute atomic E-state index is 0.136. The summed E-state index contributed by atoms with van der Waals surface area (Å²) < 4.78 is 4.65. The van der Waals surface area contributed by atoms with E-state index in [-0.39, 0.29) is 12.0 Å². The number of methoxy groups -OCH3 is 1. The SMILES string of the molecule is COC(=O)c1ccc(CNC(=O)NCC2CCCCC2)cc1. The summed E-state index contributed by atoms with van der Waals surface area (Å²) in [7, 11) is 1.36. The molecule has 0 heterocycles. The van der Waals surface area contributed by atoms with Crippen LogP contribution >= 0.6 is 0 Å². The summed E-state index contributed by atoms with van der Waals surface area (Å²) in [6.45, 7) is 1.20. The van der Waals surface area contributed by atoms with E-state index in [9.17, 15) is 9.59 Å². The number of amides is 2. The third-order valence-electron chi connectivity index (χ3n) is 4.10. The zero-order valence-corrected chi connectivity index (χ0v) is 13.1. The Labute approximate surface area is 131 Å². The standard InChI is InChI=1S/C17H24N2O3/c1-22-16(20)15-9-7-14(8-10-15)12-19-17(21)18-11-13-5-3-2-4-6-13/h7-10,13H,2-6,11-12H2,1H3,(H2,18,19,21). The lowest BCUT2D eigenvalue weighted by atomic mass is 9.89. The molecule has 0 saturated heterocycles. The molecular weight excluding hydrogens is 280 g/mol.